The average Bonchev–Trinajstić information content (AvgIpc) is 2.95. The topological polar surface area (TPSA) is 25.8 Å². The lowest BCUT2D eigenvalue weighted by Gasteiger charge is -2.21. The van der Waals surface area contributed by atoms with Crippen molar-refractivity contribution in [3.8, 4) is 33.6 Å². The van der Waals surface area contributed by atoms with Crippen molar-refractivity contribution >= 4 is 11.6 Å². The Morgan fingerprint density at radius 3 is 2.18 bits per heavy atom. The molecule has 0 aliphatic heterocycles. The summed E-state index contributed by atoms with van der Waals surface area (Å²) in [4.78, 5) is 8.98. The highest BCUT2D eigenvalue weighted by Crippen LogP contribution is 2.49. The van der Waals surface area contributed by atoms with Crippen LogP contribution in [0, 0.1) is 0 Å². The molecule has 2 nitrogen and oxygen atoms in total. The highest BCUT2D eigenvalue weighted by molar-refractivity contribution is 6.30. The number of aromatic nitrogens is 2. The van der Waals surface area contributed by atoms with Gasteiger partial charge >= 0.3 is 0 Å². The monoisotopic (exact) mass is 382 g/mol. The summed E-state index contributed by atoms with van der Waals surface area (Å²) >= 11 is 6.15. The molecule has 0 atom stereocenters. The third kappa shape index (κ3) is 2.64. The molecule has 3 aromatic carbocycles. The minimum atomic E-state index is -0.0231. The first-order valence-corrected chi connectivity index (χ1v) is 9.74. The average molecular weight is 383 g/mol. The van der Waals surface area contributed by atoms with Crippen LogP contribution in [0.4, 0.5) is 0 Å². The van der Waals surface area contributed by atoms with Gasteiger partial charge in [-0.1, -0.05) is 74.0 Å². The summed E-state index contributed by atoms with van der Waals surface area (Å²) in [5.41, 5.74) is 9.22. The number of halogens is 1. The van der Waals surface area contributed by atoms with Crippen LogP contribution in [-0.4, -0.2) is 9.97 Å². The first kappa shape index (κ1) is 17.2. The lowest BCUT2D eigenvalue weighted by Crippen LogP contribution is -2.14. The predicted molar refractivity (Wildman–Crippen MR) is 115 cm³/mol. The molecule has 1 aliphatic carbocycles. The van der Waals surface area contributed by atoms with Crippen LogP contribution >= 0.6 is 11.6 Å². The summed E-state index contributed by atoms with van der Waals surface area (Å²) in [5.74, 6) is 0. The van der Waals surface area contributed by atoms with Gasteiger partial charge in [-0.2, -0.15) is 0 Å². The fourth-order valence-electron chi connectivity index (χ4n) is 4.18. The molecule has 0 fully saturated rings. The fraction of sp³-hybridized carbons (Fsp3) is 0.120. The van der Waals surface area contributed by atoms with Crippen LogP contribution in [-0.2, 0) is 5.41 Å². The first-order valence-electron chi connectivity index (χ1n) is 9.37. The standard InChI is InChI=1S/C25H19ClN2/c1-25(2)21-9-4-3-8-19(21)20-11-10-17(13-22(20)25)24-14-23(27-15-28-24)16-6-5-7-18(26)12-16/h3-15H,1-2H3. The van der Waals surface area contributed by atoms with Crippen LogP contribution in [0.25, 0.3) is 33.6 Å². The maximum atomic E-state index is 6.15. The van der Waals surface area contributed by atoms with Gasteiger partial charge in [0.1, 0.15) is 6.33 Å². The van der Waals surface area contributed by atoms with Gasteiger partial charge in [0.2, 0.25) is 0 Å². The van der Waals surface area contributed by atoms with E-state index in [0.29, 0.717) is 5.02 Å². The van der Waals surface area contributed by atoms with Gasteiger partial charge in [0, 0.05) is 21.6 Å². The van der Waals surface area contributed by atoms with E-state index in [1.807, 2.05) is 30.3 Å². The van der Waals surface area contributed by atoms with E-state index in [1.54, 1.807) is 6.33 Å². The van der Waals surface area contributed by atoms with Crippen LogP contribution in [0.5, 0.6) is 0 Å². The highest BCUT2D eigenvalue weighted by atomic mass is 35.5. The summed E-state index contributed by atoms with van der Waals surface area (Å²) < 4.78 is 0. The van der Waals surface area contributed by atoms with Crippen molar-refractivity contribution in [1.29, 1.82) is 0 Å². The highest BCUT2D eigenvalue weighted by Gasteiger charge is 2.35. The zero-order valence-corrected chi connectivity index (χ0v) is 16.5. The number of rotatable bonds is 2. The van der Waals surface area contributed by atoms with Crippen molar-refractivity contribution in [2.24, 2.45) is 0 Å². The molecule has 1 aromatic heterocycles. The number of fused-ring (bicyclic) bond motifs is 3. The molecular formula is C25H19ClN2. The smallest absolute Gasteiger partial charge is 0.116 e. The molecule has 5 rings (SSSR count). The van der Waals surface area contributed by atoms with Gasteiger partial charge in [0.25, 0.3) is 0 Å². The minimum Gasteiger partial charge on any atom is -0.236 e. The van der Waals surface area contributed by atoms with E-state index in [2.05, 4.69) is 66.3 Å². The molecule has 1 aliphatic rings. The Morgan fingerprint density at radius 1 is 0.679 bits per heavy atom. The third-order valence-corrected chi connectivity index (χ3v) is 5.90. The zero-order valence-electron chi connectivity index (χ0n) is 15.8. The molecule has 0 unspecified atom stereocenters. The first-order chi connectivity index (χ1) is 13.5. The number of hydrogen-bond acceptors (Lipinski definition) is 2. The summed E-state index contributed by atoms with van der Waals surface area (Å²) in [6, 6.07) is 25.1. The van der Waals surface area contributed by atoms with Gasteiger partial charge in [-0.25, -0.2) is 9.97 Å². The van der Waals surface area contributed by atoms with Gasteiger partial charge in [0.05, 0.1) is 11.4 Å². The molecule has 0 saturated carbocycles. The van der Waals surface area contributed by atoms with Gasteiger partial charge in [-0.15, -0.1) is 0 Å². The second-order valence-electron chi connectivity index (χ2n) is 7.73. The minimum absolute atomic E-state index is 0.0231. The Kier molecular flexibility index (Phi) is 3.85. The van der Waals surface area contributed by atoms with E-state index in [-0.39, 0.29) is 5.41 Å². The van der Waals surface area contributed by atoms with Crippen molar-refractivity contribution in [1.82, 2.24) is 9.97 Å². The Hall–Kier alpha value is -2.97. The van der Waals surface area contributed by atoms with Gasteiger partial charge in [-0.3, -0.25) is 0 Å². The van der Waals surface area contributed by atoms with Crippen LogP contribution in [0.15, 0.2) is 79.1 Å². The fourth-order valence-corrected chi connectivity index (χ4v) is 4.37. The van der Waals surface area contributed by atoms with E-state index in [9.17, 15) is 0 Å². The van der Waals surface area contributed by atoms with Crippen LogP contribution < -0.4 is 0 Å². The molecule has 0 N–H and O–H groups in total. The predicted octanol–water partition coefficient (Wildman–Crippen LogP) is 6.77. The second-order valence-corrected chi connectivity index (χ2v) is 8.17. The molecule has 136 valence electrons. The van der Waals surface area contributed by atoms with E-state index in [1.165, 1.54) is 22.3 Å². The van der Waals surface area contributed by atoms with E-state index in [0.717, 1.165) is 22.5 Å². The van der Waals surface area contributed by atoms with Crippen LogP contribution in [0.1, 0.15) is 25.0 Å². The van der Waals surface area contributed by atoms with Crippen molar-refractivity contribution in [2.45, 2.75) is 19.3 Å². The van der Waals surface area contributed by atoms with Crippen LogP contribution in [0.2, 0.25) is 5.02 Å². The Bertz CT molecular complexity index is 1210. The molecule has 0 amide bonds. The summed E-state index contributed by atoms with van der Waals surface area (Å²) in [6.45, 7) is 4.58. The Labute approximate surface area is 169 Å². The zero-order chi connectivity index (χ0) is 19.3. The van der Waals surface area contributed by atoms with E-state index < -0.39 is 0 Å². The van der Waals surface area contributed by atoms with Crippen LogP contribution in [0.3, 0.4) is 0 Å². The number of benzene rings is 3. The summed E-state index contributed by atoms with van der Waals surface area (Å²) in [6.07, 6.45) is 1.62. The molecule has 4 aromatic rings. The molecule has 1 heterocycles. The molecule has 0 spiro atoms. The number of nitrogens with zero attached hydrogens (tertiary/aromatic N) is 2. The molecule has 0 radical (unpaired) electrons. The van der Waals surface area contributed by atoms with E-state index in [4.69, 9.17) is 11.6 Å². The maximum Gasteiger partial charge on any atom is 0.116 e. The summed E-state index contributed by atoms with van der Waals surface area (Å²) in [7, 11) is 0. The Morgan fingerprint density at radius 2 is 1.39 bits per heavy atom. The lowest BCUT2D eigenvalue weighted by molar-refractivity contribution is 0.660. The molecule has 0 saturated heterocycles. The van der Waals surface area contributed by atoms with Crippen molar-refractivity contribution in [3.05, 3.63) is 95.3 Å². The molecular weight excluding hydrogens is 364 g/mol. The maximum absolute atomic E-state index is 6.15. The third-order valence-electron chi connectivity index (χ3n) is 5.67. The summed E-state index contributed by atoms with van der Waals surface area (Å²) in [5, 5.41) is 0.703. The SMILES string of the molecule is CC1(C)c2ccccc2-c2ccc(-c3cc(-c4cccc(Cl)c4)ncn3)cc21. The molecule has 28 heavy (non-hydrogen) atoms. The van der Waals surface area contributed by atoms with Gasteiger partial charge < -0.3 is 0 Å². The van der Waals surface area contributed by atoms with Crippen molar-refractivity contribution in [3.63, 3.8) is 0 Å². The molecule has 3 heteroatoms. The quantitative estimate of drug-likeness (QED) is 0.382. The largest absolute Gasteiger partial charge is 0.236 e. The van der Waals surface area contributed by atoms with Crippen molar-refractivity contribution < 1.29 is 0 Å². The van der Waals surface area contributed by atoms with Gasteiger partial charge in [0.15, 0.2) is 0 Å². The second kappa shape index (κ2) is 6.29. The van der Waals surface area contributed by atoms with Crippen molar-refractivity contribution in [2.75, 3.05) is 0 Å². The Balaban J connectivity index is 1.62. The normalized spacial score (nSPS) is 13.8. The van der Waals surface area contributed by atoms with Gasteiger partial charge in [-0.05, 0) is 46.5 Å². The number of hydrogen-bond donors (Lipinski definition) is 0. The molecule has 0 bridgehead atoms. The van der Waals surface area contributed by atoms with E-state index >= 15 is 0 Å². The lowest BCUT2D eigenvalue weighted by atomic mass is 9.82.